The van der Waals surface area contributed by atoms with Crippen LogP contribution in [-0.2, 0) is 0 Å². The van der Waals surface area contributed by atoms with Crippen molar-refractivity contribution in [1.82, 2.24) is 4.90 Å². The monoisotopic (exact) mass is 361 g/mol. The quantitative estimate of drug-likeness (QED) is 0.658. The first-order valence-electron chi connectivity index (χ1n) is 10.5. The van der Waals surface area contributed by atoms with Crippen molar-refractivity contribution < 1.29 is 4.74 Å². The normalized spacial score (nSPS) is 21.3. The SMILES string of the molecule is COc1cccc(C2=C(c3ccccc3)CCCC2CN2CCCCC2)c1. The maximum Gasteiger partial charge on any atom is 0.119 e. The molecule has 0 amide bonds. The molecule has 2 aliphatic rings. The minimum absolute atomic E-state index is 0.610. The molecule has 1 fully saturated rings. The maximum atomic E-state index is 5.54. The van der Waals surface area contributed by atoms with E-state index in [-0.39, 0.29) is 0 Å². The predicted octanol–water partition coefficient (Wildman–Crippen LogP) is 5.89. The van der Waals surface area contributed by atoms with E-state index in [0.29, 0.717) is 5.92 Å². The molecule has 1 aliphatic heterocycles. The summed E-state index contributed by atoms with van der Waals surface area (Å²) in [5.41, 5.74) is 5.82. The van der Waals surface area contributed by atoms with E-state index >= 15 is 0 Å². The van der Waals surface area contributed by atoms with Crippen molar-refractivity contribution in [1.29, 1.82) is 0 Å². The van der Waals surface area contributed by atoms with E-state index in [2.05, 4.69) is 59.5 Å². The lowest BCUT2D eigenvalue weighted by molar-refractivity contribution is 0.206. The zero-order valence-electron chi connectivity index (χ0n) is 16.5. The number of ether oxygens (including phenoxy) is 1. The summed E-state index contributed by atoms with van der Waals surface area (Å²) in [6, 6.07) is 19.7. The molecule has 142 valence electrons. The summed E-state index contributed by atoms with van der Waals surface area (Å²) in [4.78, 5) is 2.70. The highest BCUT2D eigenvalue weighted by atomic mass is 16.5. The topological polar surface area (TPSA) is 12.5 Å². The van der Waals surface area contributed by atoms with Gasteiger partial charge in [0.15, 0.2) is 0 Å². The zero-order chi connectivity index (χ0) is 18.5. The molecule has 2 heteroatoms. The van der Waals surface area contributed by atoms with Crippen LogP contribution < -0.4 is 4.74 Å². The van der Waals surface area contributed by atoms with E-state index in [0.717, 1.165) is 5.75 Å². The van der Waals surface area contributed by atoms with Gasteiger partial charge in [-0.15, -0.1) is 0 Å². The molecule has 2 nitrogen and oxygen atoms in total. The number of nitrogens with zero attached hydrogens (tertiary/aromatic N) is 1. The van der Waals surface area contributed by atoms with Gasteiger partial charge in [0.1, 0.15) is 5.75 Å². The molecule has 1 aliphatic carbocycles. The van der Waals surface area contributed by atoms with Gasteiger partial charge in [0.25, 0.3) is 0 Å². The highest BCUT2D eigenvalue weighted by molar-refractivity contribution is 5.92. The summed E-state index contributed by atoms with van der Waals surface area (Å²) in [6.07, 6.45) is 7.87. The highest BCUT2D eigenvalue weighted by Crippen LogP contribution is 2.43. The van der Waals surface area contributed by atoms with Crippen molar-refractivity contribution in [2.45, 2.75) is 38.5 Å². The number of benzene rings is 2. The number of hydrogen-bond acceptors (Lipinski definition) is 2. The third-order valence-corrected chi connectivity index (χ3v) is 6.14. The predicted molar refractivity (Wildman–Crippen MR) is 114 cm³/mol. The first-order chi connectivity index (χ1) is 13.3. The van der Waals surface area contributed by atoms with Crippen molar-refractivity contribution in [3.05, 3.63) is 65.7 Å². The molecule has 1 heterocycles. The minimum Gasteiger partial charge on any atom is -0.497 e. The van der Waals surface area contributed by atoms with Gasteiger partial charge in [-0.3, -0.25) is 0 Å². The lowest BCUT2D eigenvalue weighted by Crippen LogP contribution is -2.35. The van der Waals surface area contributed by atoms with Crippen LogP contribution in [0.25, 0.3) is 11.1 Å². The lowest BCUT2D eigenvalue weighted by atomic mass is 9.76. The number of likely N-dealkylation sites (tertiary alicyclic amines) is 1. The number of allylic oxidation sites excluding steroid dienone is 1. The zero-order valence-corrected chi connectivity index (χ0v) is 16.5. The Labute approximate surface area is 163 Å². The first-order valence-corrected chi connectivity index (χ1v) is 10.5. The molecule has 0 aromatic heterocycles. The molecule has 1 saturated heterocycles. The molecule has 2 aromatic rings. The second kappa shape index (κ2) is 8.75. The molecule has 0 radical (unpaired) electrons. The van der Waals surface area contributed by atoms with Crippen LogP contribution >= 0.6 is 0 Å². The maximum absolute atomic E-state index is 5.54. The standard InChI is InChI=1S/C25H31NO/c1-27-23-14-8-12-21(18-23)25-22(19-26-16-6-3-7-17-26)13-9-15-24(25)20-10-4-2-5-11-20/h2,4-5,8,10-12,14,18,22H,3,6-7,9,13,15-17,19H2,1H3. The van der Waals surface area contributed by atoms with Crippen LogP contribution in [0.3, 0.4) is 0 Å². The second-order valence-corrected chi connectivity index (χ2v) is 7.94. The van der Waals surface area contributed by atoms with Crippen LogP contribution in [0.5, 0.6) is 5.75 Å². The molecule has 1 atom stereocenters. The molecular formula is C25H31NO. The van der Waals surface area contributed by atoms with Crippen molar-refractivity contribution in [2.24, 2.45) is 5.92 Å². The van der Waals surface area contributed by atoms with E-state index in [4.69, 9.17) is 4.74 Å². The summed E-state index contributed by atoms with van der Waals surface area (Å²) >= 11 is 0. The molecule has 2 aromatic carbocycles. The molecule has 0 spiro atoms. The van der Waals surface area contributed by atoms with Crippen LogP contribution in [0.4, 0.5) is 0 Å². The Balaban J connectivity index is 1.75. The summed E-state index contributed by atoms with van der Waals surface area (Å²) in [5, 5.41) is 0. The third-order valence-electron chi connectivity index (χ3n) is 6.14. The van der Waals surface area contributed by atoms with Crippen molar-refractivity contribution in [2.75, 3.05) is 26.7 Å². The van der Waals surface area contributed by atoms with Crippen molar-refractivity contribution in [3.8, 4) is 5.75 Å². The Bertz CT molecular complexity index is 774. The lowest BCUT2D eigenvalue weighted by Gasteiger charge is -2.35. The first kappa shape index (κ1) is 18.3. The summed E-state index contributed by atoms with van der Waals surface area (Å²) < 4.78 is 5.54. The number of rotatable bonds is 5. The van der Waals surface area contributed by atoms with Gasteiger partial charge in [0, 0.05) is 6.54 Å². The van der Waals surface area contributed by atoms with E-state index in [1.54, 1.807) is 12.7 Å². The van der Waals surface area contributed by atoms with Gasteiger partial charge in [0.05, 0.1) is 7.11 Å². The van der Waals surface area contributed by atoms with Crippen molar-refractivity contribution >= 4 is 11.1 Å². The average Bonchev–Trinajstić information content (AvgIpc) is 2.75. The largest absolute Gasteiger partial charge is 0.497 e. The summed E-state index contributed by atoms with van der Waals surface area (Å²) in [6.45, 7) is 3.73. The summed E-state index contributed by atoms with van der Waals surface area (Å²) in [7, 11) is 1.76. The Morgan fingerprint density at radius 3 is 2.44 bits per heavy atom. The highest BCUT2D eigenvalue weighted by Gasteiger charge is 2.27. The van der Waals surface area contributed by atoms with Gasteiger partial charge >= 0.3 is 0 Å². The van der Waals surface area contributed by atoms with Crippen LogP contribution in [0.15, 0.2) is 54.6 Å². The molecule has 0 bridgehead atoms. The Morgan fingerprint density at radius 1 is 0.889 bits per heavy atom. The van der Waals surface area contributed by atoms with E-state index in [1.807, 2.05) is 0 Å². The van der Waals surface area contributed by atoms with Crippen LogP contribution in [0, 0.1) is 5.92 Å². The summed E-state index contributed by atoms with van der Waals surface area (Å²) in [5.74, 6) is 1.56. The second-order valence-electron chi connectivity index (χ2n) is 7.94. The average molecular weight is 362 g/mol. The third kappa shape index (κ3) is 4.27. The Morgan fingerprint density at radius 2 is 1.67 bits per heavy atom. The fourth-order valence-corrected chi connectivity index (χ4v) is 4.83. The number of piperidine rings is 1. The van der Waals surface area contributed by atoms with Gasteiger partial charge in [-0.1, -0.05) is 48.9 Å². The Hall–Kier alpha value is -2.06. The minimum atomic E-state index is 0.610. The van der Waals surface area contributed by atoms with Gasteiger partial charge in [0.2, 0.25) is 0 Å². The van der Waals surface area contributed by atoms with Crippen LogP contribution in [-0.4, -0.2) is 31.6 Å². The molecule has 27 heavy (non-hydrogen) atoms. The molecule has 1 unspecified atom stereocenters. The number of hydrogen-bond donors (Lipinski definition) is 0. The van der Waals surface area contributed by atoms with Crippen molar-refractivity contribution in [3.63, 3.8) is 0 Å². The molecule has 0 N–H and O–H groups in total. The van der Waals surface area contributed by atoms with Gasteiger partial charge in [-0.25, -0.2) is 0 Å². The van der Waals surface area contributed by atoms with Gasteiger partial charge < -0.3 is 9.64 Å². The van der Waals surface area contributed by atoms with Gasteiger partial charge in [-0.2, -0.15) is 0 Å². The van der Waals surface area contributed by atoms with Crippen LogP contribution in [0.2, 0.25) is 0 Å². The molecule has 4 rings (SSSR count). The fourth-order valence-electron chi connectivity index (χ4n) is 4.83. The molecular weight excluding hydrogens is 330 g/mol. The number of methoxy groups -OCH3 is 1. The van der Waals surface area contributed by atoms with E-state index < -0.39 is 0 Å². The Kier molecular flexibility index (Phi) is 5.94. The fraction of sp³-hybridized carbons (Fsp3) is 0.440. The molecule has 0 saturated carbocycles. The van der Waals surface area contributed by atoms with E-state index in [9.17, 15) is 0 Å². The van der Waals surface area contributed by atoms with Gasteiger partial charge in [-0.05, 0) is 85.5 Å². The van der Waals surface area contributed by atoms with Crippen LogP contribution in [0.1, 0.15) is 49.7 Å². The smallest absolute Gasteiger partial charge is 0.119 e. The van der Waals surface area contributed by atoms with E-state index in [1.165, 1.54) is 74.9 Å².